The molecule has 1 aliphatic heterocycles. The first-order valence-corrected chi connectivity index (χ1v) is 6.20. The van der Waals surface area contributed by atoms with Crippen LogP contribution in [0.15, 0.2) is 60.7 Å². The summed E-state index contributed by atoms with van der Waals surface area (Å²) in [6.07, 6.45) is -0.218. The average molecular weight is 254 g/mol. The van der Waals surface area contributed by atoms with Crippen molar-refractivity contribution in [2.75, 3.05) is 0 Å². The maximum absolute atomic E-state index is 12.1. The van der Waals surface area contributed by atoms with E-state index in [0.29, 0.717) is 5.75 Å². The molecule has 0 bridgehead atoms. The zero-order valence-corrected chi connectivity index (χ0v) is 10.6. The van der Waals surface area contributed by atoms with E-state index >= 15 is 0 Å². The maximum Gasteiger partial charge on any atom is 0.346 e. The lowest BCUT2D eigenvalue weighted by Crippen LogP contribution is -2.26. The summed E-state index contributed by atoms with van der Waals surface area (Å²) in [4.78, 5) is 12.1. The molecule has 3 heteroatoms. The van der Waals surface area contributed by atoms with Crippen molar-refractivity contribution in [1.82, 2.24) is 0 Å². The van der Waals surface area contributed by atoms with Gasteiger partial charge in [0.1, 0.15) is 11.9 Å². The molecule has 3 rings (SSSR count). The number of carbonyl (C=O) groups excluding carboxylic acids is 1. The quantitative estimate of drug-likeness (QED) is 0.480. The minimum Gasteiger partial charge on any atom is -0.424 e. The zero-order valence-electron chi connectivity index (χ0n) is 10.6. The summed E-state index contributed by atoms with van der Waals surface area (Å²) in [5, 5.41) is 0. The van der Waals surface area contributed by atoms with Crippen LogP contribution in [-0.2, 0) is 9.53 Å². The molecule has 2 atom stereocenters. The van der Waals surface area contributed by atoms with Crippen molar-refractivity contribution in [3.8, 4) is 5.75 Å². The number of benzene rings is 2. The first kappa shape index (κ1) is 11.9. The van der Waals surface area contributed by atoms with Crippen molar-refractivity contribution in [2.45, 2.75) is 18.6 Å². The van der Waals surface area contributed by atoms with Gasteiger partial charge in [-0.3, -0.25) is 0 Å². The molecule has 0 aromatic heterocycles. The van der Waals surface area contributed by atoms with E-state index < -0.39 is 5.60 Å². The first-order chi connectivity index (χ1) is 9.20. The molecule has 0 saturated carbocycles. The van der Waals surface area contributed by atoms with Crippen LogP contribution in [0.4, 0.5) is 0 Å². The second kappa shape index (κ2) is 4.52. The Hall–Kier alpha value is -2.13. The Morgan fingerprint density at radius 1 is 1.05 bits per heavy atom. The standard InChI is InChI=1S/C16H14O3/c1-16(14(19-16)12-8-4-2-5-9-12)15(17)18-13-10-6-3-7-11-13/h2-11,14H,1H3. The van der Waals surface area contributed by atoms with Crippen LogP contribution >= 0.6 is 0 Å². The first-order valence-electron chi connectivity index (χ1n) is 6.20. The van der Waals surface area contributed by atoms with E-state index in [1.807, 2.05) is 48.5 Å². The van der Waals surface area contributed by atoms with Crippen LogP contribution in [0.1, 0.15) is 18.6 Å². The van der Waals surface area contributed by atoms with E-state index in [1.54, 1.807) is 19.1 Å². The van der Waals surface area contributed by atoms with Crippen molar-refractivity contribution in [1.29, 1.82) is 0 Å². The minimum absolute atomic E-state index is 0.218. The third-order valence-electron chi connectivity index (χ3n) is 3.27. The Morgan fingerprint density at radius 3 is 2.26 bits per heavy atom. The number of epoxide rings is 1. The third kappa shape index (κ3) is 2.25. The molecular formula is C16H14O3. The van der Waals surface area contributed by atoms with Crippen LogP contribution in [0.25, 0.3) is 0 Å². The second-order valence-electron chi connectivity index (χ2n) is 4.72. The van der Waals surface area contributed by atoms with Gasteiger partial charge in [-0.1, -0.05) is 48.5 Å². The van der Waals surface area contributed by atoms with Crippen molar-refractivity contribution >= 4 is 5.97 Å². The SMILES string of the molecule is CC1(C(=O)Oc2ccccc2)OC1c1ccccc1. The molecule has 19 heavy (non-hydrogen) atoms. The minimum atomic E-state index is -0.878. The Morgan fingerprint density at radius 2 is 1.63 bits per heavy atom. The molecule has 0 amide bonds. The van der Waals surface area contributed by atoms with Gasteiger partial charge in [0.25, 0.3) is 0 Å². The van der Waals surface area contributed by atoms with E-state index in [1.165, 1.54) is 0 Å². The Labute approximate surface area is 111 Å². The summed E-state index contributed by atoms with van der Waals surface area (Å²) in [5.74, 6) is 0.184. The fraction of sp³-hybridized carbons (Fsp3) is 0.188. The van der Waals surface area contributed by atoms with E-state index in [-0.39, 0.29) is 12.1 Å². The Bertz CT molecular complexity index is 579. The smallest absolute Gasteiger partial charge is 0.346 e. The van der Waals surface area contributed by atoms with Gasteiger partial charge in [-0.25, -0.2) is 4.79 Å². The van der Waals surface area contributed by atoms with Crippen molar-refractivity contribution < 1.29 is 14.3 Å². The molecule has 1 fully saturated rings. The highest BCUT2D eigenvalue weighted by Gasteiger charge is 2.60. The highest BCUT2D eigenvalue weighted by atomic mass is 16.7. The fourth-order valence-electron chi connectivity index (χ4n) is 2.08. The van der Waals surface area contributed by atoms with E-state index in [0.717, 1.165) is 5.56 Å². The number of carbonyl (C=O) groups is 1. The topological polar surface area (TPSA) is 38.8 Å². The summed E-state index contributed by atoms with van der Waals surface area (Å²) in [7, 11) is 0. The lowest BCUT2D eigenvalue weighted by atomic mass is 10.0. The zero-order chi connectivity index (χ0) is 13.3. The number of rotatable bonds is 3. The maximum atomic E-state index is 12.1. The van der Waals surface area contributed by atoms with Gasteiger partial charge < -0.3 is 9.47 Å². The largest absolute Gasteiger partial charge is 0.424 e. The van der Waals surface area contributed by atoms with Crippen LogP contribution < -0.4 is 4.74 Å². The molecule has 1 aliphatic rings. The van der Waals surface area contributed by atoms with Crippen LogP contribution in [0.5, 0.6) is 5.75 Å². The predicted molar refractivity (Wildman–Crippen MR) is 70.8 cm³/mol. The monoisotopic (exact) mass is 254 g/mol. The predicted octanol–water partition coefficient (Wildman–Crippen LogP) is 3.12. The number of ether oxygens (including phenoxy) is 2. The summed E-state index contributed by atoms with van der Waals surface area (Å²) in [6, 6.07) is 18.7. The van der Waals surface area contributed by atoms with Gasteiger partial charge in [-0.05, 0) is 24.6 Å². The molecule has 0 spiro atoms. The normalized spacial score (nSPS) is 24.8. The number of hydrogen-bond acceptors (Lipinski definition) is 3. The molecular weight excluding hydrogens is 240 g/mol. The van der Waals surface area contributed by atoms with Gasteiger partial charge >= 0.3 is 5.97 Å². The molecule has 1 saturated heterocycles. The molecule has 0 N–H and O–H groups in total. The fourth-order valence-corrected chi connectivity index (χ4v) is 2.08. The lowest BCUT2D eigenvalue weighted by molar-refractivity contribution is -0.139. The van der Waals surface area contributed by atoms with Gasteiger partial charge in [0.2, 0.25) is 0 Å². The van der Waals surface area contributed by atoms with Crippen LogP contribution in [0, 0.1) is 0 Å². The van der Waals surface area contributed by atoms with Gasteiger partial charge in [0.15, 0.2) is 5.60 Å². The van der Waals surface area contributed by atoms with Crippen molar-refractivity contribution in [3.63, 3.8) is 0 Å². The molecule has 2 unspecified atom stereocenters. The van der Waals surface area contributed by atoms with Gasteiger partial charge in [-0.2, -0.15) is 0 Å². The van der Waals surface area contributed by atoms with Crippen molar-refractivity contribution in [2.24, 2.45) is 0 Å². The number of esters is 1. The van der Waals surface area contributed by atoms with Crippen LogP contribution in [0.2, 0.25) is 0 Å². The van der Waals surface area contributed by atoms with Gasteiger partial charge in [-0.15, -0.1) is 0 Å². The van der Waals surface area contributed by atoms with Crippen molar-refractivity contribution in [3.05, 3.63) is 66.2 Å². The number of hydrogen-bond donors (Lipinski definition) is 0. The molecule has 0 radical (unpaired) electrons. The summed E-state index contributed by atoms with van der Waals surface area (Å²) in [6.45, 7) is 1.76. The Balaban J connectivity index is 1.72. The van der Waals surface area contributed by atoms with Gasteiger partial charge in [0.05, 0.1) is 0 Å². The van der Waals surface area contributed by atoms with Crippen LogP contribution in [-0.4, -0.2) is 11.6 Å². The average Bonchev–Trinajstić information content (AvgIpc) is 3.15. The molecule has 2 aromatic rings. The molecule has 3 nitrogen and oxygen atoms in total. The van der Waals surface area contributed by atoms with Crippen LogP contribution in [0.3, 0.4) is 0 Å². The lowest BCUT2D eigenvalue weighted by Gasteiger charge is -2.07. The van der Waals surface area contributed by atoms with E-state index in [9.17, 15) is 4.79 Å². The highest BCUT2D eigenvalue weighted by molar-refractivity contribution is 5.85. The summed E-state index contributed by atoms with van der Waals surface area (Å²) < 4.78 is 10.9. The second-order valence-corrected chi connectivity index (χ2v) is 4.72. The third-order valence-corrected chi connectivity index (χ3v) is 3.27. The highest BCUT2D eigenvalue weighted by Crippen LogP contribution is 2.50. The van der Waals surface area contributed by atoms with E-state index in [2.05, 4.69) is 0 Å². The molecule has 0 aliphatic carbocycles. The molecule has 2 aromatic carbocycles. The summed E-state index contributed by atoms with van der Waals surface area (Å²) >= 11 is 0. The van der Waals surface area contributed by atoms with Gasteiger partial charge in [0, 0.05) is 0 Å². The summed E-state index contributed by atoms with van der Waals surface area (Å²) in [5.41, 5.74) is 0.118. The Kier molecular flexibility index (Phi) is 2.84. The molecule has 96 valence electrons. The number of para-hydroxylation sites is 1. The van der Waals surface area contributed by atoms with E-state index in [4.69, 9.17) is 9.47 Å². The molecule has 1 heterocycles.